The summed E-state index contributed by atoms with van der Waals surface area (Å²) in [4.78, 5) is 16.5. The third kappa shape index (κ3) is 5.61. The number of hydrogen-bond donors (Lipinski definition) is 2. The molecule has 9 heteroatoms. The molecule has 3 aromatic rings. The zero-order valence-corrected chi connectivity index (χ0v) is 20.1. The molecule has 9 nitrogen and oxygen atoms in total. The molecule has 0 unspecified atom stereocenters. The lowest BCUT2D eigenvalue weighted by atomic mass is 10.1. The van der Waals surface area contributed by atoms with Crippen LogP contribution in [0.2, 0.25) is 0 Å². The van der Waals surface area contributed by atoms with Gasteiger partial charge in [0.2, 0.25) is 0 Å². The lowest BCUT2D eigenvalue weighted by molar-refractivity contribution is 0.117. The fourth-order valence-corrected chi connectivity index (χ4v) is 3.86. The fraction of sp³-hybridized carbons (Fsp3) is 0.400. The number of nitrogens with one attached hydrogen (secondary N) is 1. The minimum Gasteiger partial charge on any atom is -0.398 e. The summed E-state index contributed by atoms with van der Waals surface area (Å²) in [5.74, 6) is 1.44. The average molecular weight is 464 g/mol. The average Bonchev–Trinajstić information content (AvgIpc) is 3.17. The first kappa shape index (κ1) is 23.9. The number of fused-ring (bicyclic) bond motifs is 1. The van der Waals surface area contributed by atoms with E-state index in [-0.39, 0.29) is 0 Å². The molecule has 0 amide bonds. The van der Waals surface area contributed by atoms with Gasteiger partial charge in [-0.1, -0.05) is 23.8 Å². The van der Waals surface area contributed by atoms with Crippen molar-refractivity contribution in [3.8, 4) is 0 Å². The summed E-state index contributed by atoms with van der Waals surface area (Å²) < 4.78 is 13.3. The highest BCUT2D eigenvalue weighted by Gasteiger charge is 2.20. The Balaban J connectivity index is 1.65. The Bertz CT molecular complexity index is 1180. The molecule has 3 N–H and O–H groups in total. The van der Waals surface area contributed by atoms with Crippen molar-refractivity contribution in [2.24, 2.45) is 17.8 Å². The number of pyridine rings is 1. The number of nitrogens with two attached hydrogens (primary N) is 1. The minimum atomic E-state index is 0.422. The Morgan fingerprint density at radius 3 is 2.85 bits per heavy atom. The molecule has 1 saturated heterocycles. The predicted molar refractivity (Wildman–Crippen MR) is 137 cm³/mol. The number of likely N-dealkylation sites (N-methyl/N-ethyl adjacent to an activating group) is 1. The van der Waals surface area contributed by atoms with Crippen LogP contribution >= 0.6 is 0 Å². The van der Waals surface area contributed by atoms with Gasteiger partial charge < -0.3 is 30.0 Å². The van der Waals surface area contributed by atoms with Crippen LogP contribution in [0.4, 0.5) is 11.5 Å². The van der Waals surface area contributed by atoms with E-state index in [1.54, 1.807) is 12.3 Å². The largest absolute Gasteiger partial charge is 0.398 e. The maximum absolute atomic E-state index is 6.26. The van der Waals surface area contributed by atoms with E-state index in [0.717, 1.165) is 53.4 Å². The lowest BCUT2D eigenvalue weighted by Crippen LogP contribution is -2.36. The van der Waals surface area contributed by atoms with Crippen LogP contribution in [0.3, 0.4) is 0 Å². The van der Waals surface area contributed by atoms with E-state index in [9.17, 15) is 0 Å². The number of aromatic nitrogens is 3. The Morgan fingerprint density at radius 1 is 1.26 bits per heavy atom. The quantitative estimate of drug-likeness (QED) is 0.371. The molecule has 1 aliphatic heterocycles. The number of allylic oxidation sites excluding steroid dienone is 1. The van der Waals surface area contributed by atoms with Gasteiger partial charge in [-0.2, -0.15) is 0 Å². The molecule has 0 aliphatic carbocycles. The van der Waals surface area contributed by atoms with Gasteiger partial charge in [-0.15, -0.1) is 0 Å². The first-order valence-electron chi connectivity index (χ1n) is 11.5. The molecular weight excluding hydrogens is 430 g/mol. The third-order valence-corrected chi connectivity index (χ3v) is 5.78. The van der Waals surface area contributed by atoms with Crippen LogP contribution in [0.1, 0.15) is 17.0 Å². The second kappa shape index (κ2) is 11.2. The zero-order valence-electron chi connectivity index (χ0n) is 20.1. The first-order valence-corrected chi connectivity index (χ1v) is 11.5. The van der Waals surface area contributed by atoms with Crippen molar-refractivity contribution in [3.05, 3.63) is 53.4 Å². The molecule has 2 aromatic heterocycles. The highest BCUT2D eigenvalue weighted by molar-refractivity contribution is 5.90. The molecule has 0 saturated carbocycles. The molecule has 34 heavy (non-hydrogen) atoms. The van der Waals surface area contributed by atoms with E-state index in [1.807, 2.05) is 49.9 Å². The molecule has 180 valence electrons. The molecular formula is C25H33N7O2. The van der Waals surface area contributed by atoms with Gasteiger partial charge in [0.25, 0.3) is 0 Å². The second-order valence-electron chi connectivity index (χ2n) is 8.28. The van der Waals surface area contributed by atoms with Crippen molar-refractivity contribution in [2.75, 3.05) is 51.4 Å². The maximum Gasteiger partial charge on any atom is 0.164 e. The lowest BCUT2D eigenvalue weighted by Gasteiger charge is -2.29. The summed E-state index contributed by atoms with van der Waals surface area (Å²) in [5.41, 5.74) is 11.7. The SMILES string of the molecule is CNCCOCc1nc2c(N3CCOCC3)cc(N=C/C=C(\N)c3cccc(C)c3)nc2n1C. The molecule has 1 fully saturated rings. The molecule has 1 aromatic carbocycles. The van der Waals surface area contributed by atoms with Gasteiger partial charge in [0.15, 0.2) is 11.5 Å². The van der Waals surface area contributed by atoms with Gasteiger partial charge in [0.1, 0.15) is 17.9 Å². The summed E-state index contributed by atoms with van der Waals surface area (Å²) in [6.07, 6.45) is 3.51. The Hall–Kier alpha value is -3.27. The number of nitrogens with zero attached hydrogens (tertiary/aromatic N) is 5. The number of hydrogen-bond acceptors (Lipinski definition) is 8. The third-order valence-electron chi connectivity index (χ3n) is 5.78. The molecule has 0 bridgehead atoms. The molecule has 0 atom stereocenters. The molecule has 3 heterocycles. The Morgan fingerprint density at radius 2 is 2.09 bits per heavy atom. The Kier molecular flexibility index (Phi) is 7.89. The van der Waals surface area contributed by atoms with E-state index in [4.69, 9.17) is 25.2 Å². The normalized spacial score (nSPS) is 15.0. The van der Waals surface area contributed by atoms with Crippen LogP contribution in [-0.2, 0) is 23.1 Å². The monoisotopic (exact) mass is 463 g/mol. The van der Waals surface area contributed by atoms with Gasteiger partial charge in [0, 0.05) is 44.7 Å². The van der Waals surface area contributed by atoms with Gasteiger partial charge in [-0.3, -0.25) is 0 Å². The van der Waals surface area contributed by atoms with Crippen LogP contribution in [-0.4, -0.2) is 67.3 Å². The Labute approximate surface area is 200 Å². The fourth-order valence-electron chi connectivity index (χ4n) is 3.86. The number of aryl methyl sites for hydroxylation is 2. The van der Waals surface area contributed by atoms with Crippen molar-refractivity contribution >= 4 is 34.6 Å². The van der Waals surface area contributed by atoms with E-state index in [2.05, 4.69) is 21.3 Å². The molecule has 1 aliphatic rings. The van der Waals surface area contributed by atoms with Crippen molar-refractivity contribution in [1.29, 1.82) is 0 Å². The molecule has 4 rings (SSSR count). The topological polar surface area (TPSA) is 103 Å². The van der Waals surface area contributed by atoms with Crippen molar-refractivity contribution in [3.63, 3.8) is 0 Å². The highest BCUT2D eigenvalue weighted by Crippen LogP contribution is 2.30. The van der Waals surface area contributed by atoms with Crippen LogP contribution in [0.25, 0.3) is 16.9 Å². The summed E-state index contributed by atoms with van der Waals surface area (Å²) in [5, 5.41) is 3.08. The number of ether oxygens (including phenoxy) is 2. The van der Waals surface area contributed by atoms with Crippen LogP contribution in [0, 0.1) is 6.92 Å². The molecule has 0 radical (unpaired) electrons. The van der Waals surface area contributed by atoms with Crippen molar-refractivity contribution in [1.82, 2.24) is 19.9 Å². The summed E-state index contributed by atoms with van der Waals surface area (Å²) >= 11 is 0. The van der Waals surface area contributed by atoms with E-state index >= 15 is 0 Å². The number of anilines is 1. The van der Waals surface area contributed by atoms with Crippen LogP contribution < -0.4 is 16.0 Å². The van der Waals surface area contributed by atoms with Gasteiger partial charge >= 0.3 is 0 Å². The smallest absolute Gasteiger partial charge is 0.164 e. The maximum atomic E-state index is 6.26. The zero-order chi connectivity index (χ0) is 23.9. The number of rotatable bonds is 9. The second-order valence-corrected chi connectivity index (χ2v) is 8.28. The summed E-state index contributed by atoms with van der Waals surface area (Å²) in [6, 6.07) is 10.1. The number of aliphatic imine (C=N–C) groups is 1. The number of imidazole rings is 1. The first-order chi connectivity index (χ1) is 16.6. The number of morpholine rings is 1. The number of benzene rings is 1. The van der Waals surface area contributed by atoms with Crippen LogP contribution in [0.15, 0.2) is 41.4 Å². The van der Waals surface area contributed by atoms with E-state index < -0.39 is 0 Å². The highest BCUT2D eigenvalue weighted by atomic mass is 16.5. The van der Waals surface area contributed by atoms with Gasteiger partial charge in [0.05, 0.1) is 25.5 Å². The van der Waals surface area contributed by atoms with E-state index in [1.165, 1.54) is 0 Å². The summed E-state index contributed by atoms with van der Waals surface area (Å²) in [7, 11) is 3.87. The summed E-state index contributed by atoms with van der Waals surface area (Å²) in [6.45, 7) is 6.85. The van der Waals surface area contributed by atoms with E-state index in [0.29, 0.717) is 37.9 Å². The molecule has 0 spiro atoms. The van der Waals surface area contributed by atoms with Crippen LogP contribution in [0.5, 0.6) is 0 Å². The minimum absolute atomic E-state index is 0.422. The predicted octanol–water partition coefficient (Wildman–Crippen LogP) is 2.55. The van der Waals surface area contributed by atoms with Gasteiger partial charge in [-0.25, -0.2) is 15.0 Å². The standard InChI is InChI=1S/C25H33N7O2/c1-18-5-4-6-19(15-18)20(26)7-8-28-22-16-21(32-10-13-33-14-11-32)24-25(29-22)31(3)23(30-24)17-34-12-9-27-2/h4-8,15-16,27H,9-14,17,26H2,1-3H3/b20-7-,28-8?. The van der Waals surface area contributed by atoms with Crippen molar-refractivity contribution in [2.45, 2.75) is 13.5 Å². The van der Waals surface area contributed by atoms with Crippen molar-refractivity contribution < 1.29 is 9.47 Å². The van der Waals surface area contributed by atoms with Gasteiger partial charge in [-0.05, 0) is 31.7 Å².